The van der Waals surface area contributed by atoms with Gasteiger partial charge >= 0.3 is 0 Å². The smallest absolute Gasteiger partial charge is 0.300 e. The van der Waals surface area contributed by atoms with Gasteiger partial charge in [-0.05, 0) is 53.4 Å². The van der Waals surface area contributed by atoms with Gasteiger partial charge < -0.3 is 15.2 Å². The minimum absolute atomic E-state index is 0.0482. The van der Waals surface area contributed by atoms with Crippen LogP contribution in [0.1, 0.15) is 50.4 Å². The van der Waals surface area contributed by atoms with Crippen LogP contribution < -0.4 is 15.0 Å². The van der Waals surface area contributed by atoms with Gasteiger partial charge in [-0.15, -0.1) is 0 Å². The molecule has 0 radical (unpaired) electrons. The number of amides is 2. The van der Waals surface area contributed by atoms with Crippen LogP contribution in [-0.4, -0.2) is 34.8 Å². The fourth-order valence-electron chi connectivity index (χ4n) is 4.49. The number of rotatable bonds is 5. The molecule has 2 aromatic carbocycles. The maximum absolute atomic E-state index is 13.4. The molecule has 190 valence electrons. The van der Waals surface area contributed by atoms with E-state index in [-0.39, 0.29) is 22.7 Å². The van der Waals surface area contributed by atoms with Crippen molar-refractivity contribution in [3.05, 3.63) is 89.3 Å². The van der Waals surface area contributed by atoms with Crippen molar-refractivity contribution in [1.82, 2.24) is 4.98 Å². The molecule has 1 atom stereocenters. The van der Waals surface area contributed by atoms with Crippen molar-refractivity contribution in [3.8, 4) is 5.75 Å². The van der Waals surface area contributed by atoms with Crippen molar-refractivity contribution in [2.45, 2.75) is 39.2 Å². The largest absolute Gasteiger partial charge is 0.507 e. The number of aromatic nitrogens is 1. The standard InChI is InChI=1S/C29H29N3O5/c1-17(33)31-20-9-6-10-21(15-20)32-25(19-8-7-13-30-16-19)24(27(35)28(32)36)26(34)18-11-12-23(37-5)22(14-18)29(2,3)4/h6-16,25,34H,1-5H3,(H,31,33)/b26-24-. The van der Waals surface area contributed by atoms with Crippen molar-refractivity contribution in [1.29, 1.82) is 0 Å². The van der Waals surface area contributed by atoms with E-state index in [0.29, 0.717) is 28.3 Å². The molecule has 8 nitrogen and oxygen atoms in total. The van der Waals surface area contributed by atoms with Crippen LogP contribution in [0.15, 0.2) is 72.6 Å². The molecule has 0 spiro atoms. The lowest BCUT2D eigenvalue weighted by molar-refractivity contribution is -0.132. The fourth-order valence-corrected chi connectivity index (χ4v) is 4.49. The Hall–Kier alpha value is -4.46. The summed E-state index contributed by atoms with van der Waals surface area (Å²) in [5, 5.41) is 14.2. The Labute approximate surface area is 215 Å². The van der Waals surface area contributed by atoms with Gasteiger partial charge in [0.1, 0.15) is 11.5 Å². The van der Waals surface area contributed by atoms with Gasteiger partial charge in [-0.2, -0.15) is 0 Å². The Morgan fingerprint density at radius 1 is 1.08 bits per heavy atom. The number of carbonyl (C=O) groups excluding carboxylic acids is 3. The average molecular weight is 500 g/mol. The molecule has 4 rings (SSSR count). The van der Waals surface area contributed by atoms with E-state index in [4.69, 9.17) is 4.74 Å². The molecule has 0 bridgehead atoms. The highest BCUT2D eigenvalue weighted by molar-refractivity contribution is 6.51. The second kappa shape index (κ2) is 9.89. The van der Waals surface area contributed by atoms with Gasteiger partial charge in [-0.1, -0.05) is 32.9 Å². The van der Waals surface area contributed by atoms with Crippen LogP contribution in [0, 0.1) is 0 Å². The minimum Gasteiger partial charge on any atom is -0.507 e. The normalized spacial score (nSPS) is 17.1. The quantitative estimate of drug-likeness (QED) is 0.291. The van der Waals surface area contributed by atoms with E-state index in [2.05, 4.69) is 10.3 Å². The topological polar surface area (TPSA) is 109 Å². The van der Waals surface area contributed by atoms with E-state index < -0.39 is 17.7 Å². The van der Waals surface area contributed by atoms with Gasteiger partial charge in [0.05, 0.1) is 18.7 Å². The summed E-state index contributed by atoms with van der Waals surface area (Å²) >= 11 is 0. The molecule has 3 aromatic rings. The van der Waals surface area contributed by atoms with Gasteiger partial charge in [0, 0.05) is 41.8 Å². The fraction of sp³-hybridized carbons (Fsp3) is 0.241. The average Bonchev–Trinajstić information content (AvgIpc) is 3.13. The van der Waals surface area contributed by atoms with Gasteiger partial charge in [0.25, 0.3) is 11.7 Å². The zero-order chi connectivity index (χ0) is 26.9. The summed E-state index contributed by atoms with van der Waals surface area (Å²) < 4.78 is 5.51. The summed E-state index contributed by atoms with van der Waals surface area (Å²) in [6.45, 7) is 7.44. The summed E-state index contributed by atoms with van der Waals surface area (Å²) in [6.07, 6.45) is 3.15. The summed E-state index contributed by atoms with van der Waals surface area (Å²) in [6, 6.07) is 14.3. The predicted molar refractivity (Wildman–Crippen MR) is 141 cm³/mol. The number of ether oxygens (including phenoxy) is 1. The Balaban J connectivity index is 1.93. The van der Waals surface area contributed by atoms with E-state index in [1.54, 1.807) is 74.1 Å². The predicted octanol–water partition coefficient (Wildman–Crippen LogP) is 4.97. The number of carbonyl (C=O) groups is 3. The SMILES string of the molecule is COc1ccc(/C(O)=C2/C(=O)C(=O)N(c3cccc(NC(C)=O)c3)C2c2cccnc2)cc1C(C)(C)C. The molecule has 1 aliphatic rings. The molecule has 0 saturated carbocycles. The van der Waals surface area contributed by atoms with Crippen molar-refractivity contribution >= 4 is 34.7 Å². The maximum atomic E-state index is 13.4. The van der Waals surface area contributed by atoms with E-state index >= 15 is 0 Å². The van der Waals surface area contributed by atoms with Gasteiger partial charge in [0.2, 0.25) is 5.91 Å². The summed E-state index contributed by atoms with van der Waals surface area (Å²) in [5.41, 5.74) is 2.30. The molecule has 2 heterocycles. The van der Waals surface area contributed by atoms with E-state index in [1.165, 1.54) is 11.8 Å². The number of benzene rings is 2. The molecule has 1 unspecified atom stereocenters. The number of aliphatic hydroxyl groups excluding tert-OH is 1. The first-order valence-corrected chi connectivity index (χ1v) is 11.8. The molecule has 0 aliphatic carbocycles. The molecule has 1 fully saturated rings. The molecule has 37 heavy (non-hydrogen) atoms. The zero-order valence-corrected chi connectivity index (χ0v) is 21.4. The van der Waals surface area contributed by atoms with Gasteiger partial charge in [-0.25, -0.2) is 0 Å². The van der Waals surface area contributed by atoms with Crippen LogP contribution in [0.25, 0.3) is 5.76 Å². The molecule has 1 aliphatic heterocycles. The van der Waals surface area contributed by atoms with Crippen molar-refractivity contribution in [2.24, 2.45) is 0 Å². The molecule has 2 N–H and O–H groups in total. The first kappa shape index (κ1) is 25.6. The molecular weight excluding hydrogens is 470 g/mol. The van der Waals surface area contributed by atoms with Gasteiger partial charge in [0.15, 0.2) is 0 Å². The van der Waals surface area contributed by atoms with Crippen molar-refractivity contribution in [2.75, 3.05) is 17.3 Å². The number of methoxy groups -OCH3 is 1. The first-order valence-electron chi connectivity index (χ1n) is 11.8. The highest BCUT2D eigenvalue weighted by Gasteiger charge is 2.47. The van der Waals surface area contributed by atoms with Crippen LogP contribution >= 0.6 is 0 Å². The van der Waals surface area contributed by atoms with E-state index in [1.807, 2.05) is 20.8 Å². The lowest BCUT2D eigenvalue weighted by Gasteiger charge is -2.26. The number of hydrogen-bond acceptors (Lipinski definition) is 6. The number of nitrogens with zero attached hydrogens (tertiary/aromatic N) is 2. The highest BCUT2D eigenvalue weighted by atomic mass is 16.5. The Kier molecular flexibility index (Phi) is 6.85. The Bertz CT molecular complexity index is 1410. The number of ketones is 1. The third-order valence-electron chi connectivity index (χ3n) is 6.17. The Morgan fingerprint density at radius 3 is 2.46 bits per heavy atom. The lowest BCUT2D eigenvalue weighted by atomic mass is 9.84. The summed E-state index contributed by atoms with van der Waals surface area (Å²) in [5.74, 6) is -1.51. The van der Waals surface area contributed by atoms with Crippen molar-refractivity contribution < 1.29 is 24.2 Å². The van der Waals surface area contributed by atoms with Crippen LogP contribution in [0.4, 0.5) is 11.4 Å². The summed E-state index contributed by atoms with van der Waals surface area (Å²) in [7, 11) is 1.58. The third-order valence-corrected chi connectivity index (χ3v) is 6.17. The molecule has 8 heteroatoms. The van der Waals surface area contributed by atoms with E-state index in [0.717, 1.165) is 5.56 Å². The number of nitrogens with one attached hydrogen (secondary N) is 1. The summed E-state index contributed by atoms with van der Waals surface area (Å²) in [4.78, 5) is 43.9. The first-order chi connectivity index (χ1) is 17.5. The molecular formula is C29H29N3O5. The highest BCUT2D eigenvalue weighted by Crippen LogP contribution is 2.43. The van der Waals surface area contributed by atoms with Crippen LogP contribution in [-0.2, 0) is 19.8 Å². The molecule has 1 saturated heterocycles. The molecule has 1 aromatic heterocycles. The molecule has 2 amide bonds. The second-order valence-electron chi connectivity index (χ2n) is 9.85. The number of aliphatic hydroxyl groups is 1. The van der Waals surface area contributed by atoms with E-state index in [9.17, 15) is 19.5 Å². The third kappa shape index (κ3) is 4.95. The lowest BCUT2D eigenvalue weighted by Crippen LogP contribution is -2.29. The zero-order valence-electron chi connectivity index (χ0n) is 21.4. The maximum Gasteiger partial charge on any atom is 0.300 e. The monoisotopic (exact) mass is 499 g/mol. The minimum atomic E-state index is -0.929. The number of hydrogen-bond donors (Lipinski definition) is 2. The van der Waals surface area contributed by atoms with Gasteiger partial charge in [-0.3, -0.25) is 24.3 Å². The Morgan fingerprint density at radius 2 is 1.84 bits per heavy atom. The van der Waals surface area contributed by atoms with Crippen LogP contribution in [0.3, 0.4) is 0 Å². The number of Topliss-reactive ketones (excluding diaryl/α,β-unsaturated/α-hetero) is 1. The second-order valence-corrected chi connectivity index (χ2v) is 9.85. The van der Waals surface area contributed by atoms with Crippen molar-refractivity contribution in [3.63, 3.8) is 0 Å². The number of pyridine rings is 1. The van der Waals surface area contributed by atoms with Crippen LogP contribution in [0.5, 0.6) is 5.75 Å². The number of anilines is 2. The van der Waals surface area contributed by atoms with Crippen LogP contribution in [0.2, 0.25) is 0 Å².